The van der Waals surface area contributed by atoms with Gasteiger partial charge in [-0.15, -0.1) is 10.2 Å². The summed E-state index contributed by atoms with van der Waals surface area (Å²) in [6.45, 7) is 3.07. The molecule has 180 valence electrons. The number of thiazole rings is 1. The van der Waals surface area contributed by atoms with Gasteiger partial charge in [-0.05, 0) is 36.8 Å². The third kappa shape index (κ3) is 4.63. The van der Waals surface area contributed by atoms with Crippen LogP contribution in [-0.2, 0) is 20.0 Å². The van der Waals surface area contributed by atoms with Gasteiger partial charge in [-0.1, -0.05) is 29.5 Å². The number of sulfonamides is 2. The molecule has 2 heterocycles. The van der Waals surface area contributed by atoms with E-state index in [4.69, 9.17) is 16.6 Å². The fourth-order valence-electron chi connectivity index (χ4n) is 3.31. The third-order valence-corrected chi connectivity index (χ3v) is 8.12. The van der Waals surface area contributed by atoms with Gasteiger partial charge in [0.2, 0.25) is 25.9 Å². The van der Waals surface area contributed by atoms with Crippen molar-refractivity contribution in [3.8, 4) is 22.5 Å². The molecule has 0 saturated carbocycles. The SMILES string of the molecule is CC(C)(N)CNS(=O)(=O)c1ccc(-c2cccc3sc(N)nc23)c(-c2nn[nH]n2)c1S(N)(=O)=O. The summed E-state index contributed by atoms with van der Waals surface area (Å²) in [4.78, 5) is 3.08. The van der Waals surface area contributed by atoms with E-state index in [0.717, 1.165) is 10.8 Å². The van der Waals surface area contributed by atoms with Gasteiger partial charge in [-0.25, -0.2) is 31.7 Å². The number of anilines is 1. The summed E-state index contributed by atoms with van der Waals surface area (Å²) in [7, 11) is -8.99. The molecule has 8 N–H and O–H groups in total. The minimum absolute atomic E-state index is 0.148. The van der Waals surface area contributed by atoms with Crippen LogP contribution in [0, 0.1) is 0 Å². The maximum absolute atomic E-state index is 13.2. The van der Waals surface area contributed by atoms with Crippen LogP contribution < -0.4 is 21.3 Å². The number of hydrogen-bond acceptors (Lipinski definition) is 11. The van der Waals surface area contributed by atoms with E-state index < -0.39 is 35.4 Å². The largest absolute Gasteiger partial charge is 0.375 e. The van der Waals surface area contributed by atoms with E-state index in [2.05, 4.69) is 30.3 Å². The van der Waals surface area contributed by atoms with Gasteiger partial charge in [0.05, 0.1) is 15.8 Å². The van der Waals surface area contributed by atoms with Crippen molar-refractivity contribution in [2.75, 3.05) is 12.3 Å². The van der Waals surface area contributed by atoms with Gasteiger partial charge in [0.1, 0.15) is 9.79 Å². The van der Waals surface area contributed by atoms with E-state index in [9.17, 15) is 16.8 Å². The van der Waals surface area contributed by atoms with Gasteiger partial charge >= 0.3 is 0 Å². The highest BCUT2D eigenvalue weighted by molar-refractivity contribution is 7.92. The molecule has 0 unspecified atom stereocenters. The van der Waals surface area contributed by atoms with Crippen molar-refractivity contribution >= 4 is 46.7 Å². The number of nitrogens with zero attached hydrogens (tertiary/aromatic N) is 4. The summed E-state index contributed by atoms with van der Waals surface area (Å²) >= 11 is 1.25. The van der Waals surface area contributed by atoms with Gasteiger partial charge < -0.3 is 11.5 Å². The van der Waals surface area contributed by atoms with Crippen molar-refractivity contribution in [1.29, 1.82) is 0 Å². The van der Waals surface area contributed by atoms with Crippen molar-refractivity contribution < 1.29 is 16.8 Å². The molecule has 0 amide bonds. The summed E-state index contributed by atoms with van der Waals surface area (Å²) in [6.07, 6.45) is 0. The molecule has 34 heavy (non-hydrogen) atoms. The van der Waals surface area contributed by atoms with E-state index in [-0.39, 0.29) is 23.5 Å². The Morgan fingerprint density at radius 1 is 1.12 bits per heavy atom. The van der Waals surface area contributed by atoms with E-state index in [0.29, 0.717) is 16.2 Å². The summed E-state index contributed by atoms with van der Waals surface area (Å²) in [5, 5.41) is 19.4. The molecule has 4 aromatic rings. The summed E-state index contributed by atoms with van der Waals surface area (Å²) in [6, 6.07) is 7.82. The molecule has 0 atom stereocenters. The van der Waals surface area contributed by atoms with Gasteiger partial charge in [-0.2, -0.15) is 5.21 Å². The molecule has 0 aliphatic heterocycles. The summed E-state index contributed by atoms with van der Waals surface area (Å²) in [5.41, 5.74) is 12.0. The summed E-state index contributed by atoms with van der Waals surface area (Å²) < 4.78 is 55.0. The van der Waals surface area contributed by atoms with Crippen molar-refractivity contribution in [2.45, 2.75) is 29.2 Å². The van der Waals surface area contributed by atoms with Crippen molar-refractivity contribution in [3.05, 3.63) is 30.3 Å². The number of aromatic nitrogens is 5. The second-order valence-electron chi connectivity index (χ2n) is 8.11. The van der Waals surface area contributed by atoms with E-state index in [1.165, 1.54) is 17.4 Å². The second kappa shape index (κ2) is 8.33. The molecule has 0 saturated heterocycles. The first kappa shape index (κ1) is 24.1. The first-order valence-corrected chi connectivity index (χ1v) is 13.5. The first-order chi connectivity index (χ1) is 15.8. The average molecular weight is 524 g/mol. The number of rotatable bonds is 7. The molecule has 0 spiro atoms. The Bertz CT molecular complexity index is 1590. The quantitative estimate of drug-likeness (QED) is 0.224. The molecule has 2 aromatic carbocycles. The van der Waals surface area contributed by atoms with Crippen LogP contribution in [0.25, 0.3) is 32.7 Å². The lowest BCUT2D eigenvalue weighted by molar-refractivity contribution is 0.497. The average Bonchev–Trinajstić information content (AvgIpc) is 3.38. The zero-order valence-corrected chi connectivity index (χ0v) is 20.4. The maximum atomic E-state index is 13.2. The fraction of sp³-hybridized carbons (Fsp3) is 0.222. The number of fused-ring (bicyclic) bond motifs is 1. The Hall–Kier alpha value is -3.02. The fourth-order valence-corrected chi connectivity index (χ4v) is 6.90. The number of aromatic amines is 1. The number of nitrogens with one attached hydrogen (secondary N) is 2. The van der Waals surface area contributed by atoms with Crippen LogP contribution in [0.2, 0.25) is 0 Å². The first-order valence-electron chi connectivity index (χ1n) is 9.65. The maximum Gasteiger partial charge on any atom is 0.242 e. The van der Waals surface area contributed by atoms with E-state index in [1.54, 1.807) is 32.0 Å². The van der Waals surface area contributed by atoms with Crippen molar-refractivity contribution in [2.24, 2.45) is 10.9 Å². The third-order valence-electron chi connectivity index (χ3n) is 4.71. The Morgan fingerprint density at radius 3 is 2.47 bits per heavy atom. The van der Waals surface area contributed by atoms with Gasteiger partial charge in [0.15, 0.2) is 5.13 Å². The Balaban J connectivity index is 2.08. The molecule has 0 aliphatic rings. The Labute approximate surface area is 198 Å². The predicted molar refractivity (Wildman–Crippen MR) is 127 cm³/mol. The van der Waals surface area contributed by atoms with E-state index in [1.807, 2.05) is 0 Å². The zero-order chi connectivity index (χ0) is 24.9. The molecule has 13 nitrogen and oxygen atoms in total. The molecular formula is C18H21N9O4S3. The standard InChI is InChI=1S/C18H21N9O4S3/c1-18(2,20)8-22-34(30,31)12-7-6-9(10-4-3-5-11-14(10)23-17(19)32-11)13(15(12)33(21,28)29)16-24-26-27-25-16/h3-7,22H,8,20H2,1-2H3,(H2,19,23)(H2,21,28,29)(H,24,25,26,27). The van der Waals surface area contributed by atoms with Gasteiger partial charge in [-0.3, -0.25) is 0 Å². The molecule has 0 radical (unpaired) electrons. The lowest BCUT2D eigenvalue weighted by Crippen LogP contribution is -2.45. The highest BCUT2D eigenvalue weighted by atomic mass is 32.2. The van der Waals surface area contributed by atoms with Crippen LogP contribution in [0.3, 0.4) is 0 Å². The van der Waals surface area contributed by atoms with Crippen LogP contribution in [0.4, 0.5) is 5.13 Å². The number of benzene rings is 2. The second-order valence-corrected chi connectivity index (χ2v) is 12.4. The lowest BCUT2D eigenvalue weighted by atomic mass is 9.98. The smallest absolute Gasteiger partial charge is 0.242 e. The molecule has 0 aliphatic carbocycles. The number of H-pyrrole nitrogens is 1. The van der Waals surface area contributed by atoms with Crippen molar-refractivity contribution in [1.82, 2.24) is 30.3 Å². The van der Waals surface area contributed by atoms with Gasteiger partial charge in [0, 0.05) is 17.6 Å². The summed E-state index contributed by atoms with van der Waals surface area (Å²) in [5.74, 6) is -0.171. The Kier molecular flexibility index (Phi) is 5.91. The monoisotopic (exact) mass is 523 g/mol. The molecule has 2 aromatic heterocycles. The molecular weight excluding hydrogens is 502 g/mol. The van der Waals surface area contributed by atoms with Gasteiger partial charge in [0.25, 0.3) is 0 Å². The minimum Gasteiger partial charge on any atom is -0.375 e. The lowest BCUT2D eigenvalue weighted by Gasteiger charge is -2.21. The van der Waals surface area contributed by atoms with Crippen LogP contribution in [0.1, 0.15) is 13.8 Å². The number of nitrogens with two attached hydrogens (primary N) is 3. The molecule has 0 fully saturated rings. The number of hydrogen-bond donors (Lipinski definition) is 5. The van der Waals surface area contributed by atoms with Crippen LogP contribution in [-0.4, -0.2) is 54.5 Å². The Morgan fingerprint density at radius 2 is 1.85 bits per heavy atom. The molecule has 0 bridgehead atoms. The predicted octanol–water partition coefficient (Wildman–Crippen LogP) is 0.389. The number of tetrazole rings is 1. The zero-order valence-electron chi connectivity index (χ0n) is 18.0. The van der Waals surface area contributed by atoms with Crippen molar-refractivity contribution in [3.63, 3.8) is 0 Å². The van der Waals surface area contributed by atoms with Crippen LogP contribution in [0.15, 0.2) is 40.1 Å². The van der Waals surface area contributed by atoms with Crippen LogP contribution in [0.5, 0.6) is 0 Å². The van der Waals surface area contributed by atoms with Crippen LogP contribution >= 0.6 is 11.3 Å². The number of nitrogen functional groups attached to an aromatic ring is 1. The highest BCUT2D eigenvalue weighted by Crippen LogP contribution is 2.41. The normalized spacial score (nSPS) is 12.9. The topological polar surface area (TPSA) is 226 Å². The molecule has 4 rings (SSSR count). The highest BCUT2D eigenvalue weighted by Gasteiger charge is 2.33. The van der Waals surface area contributed by atoms with E-state index >= 15 is 0 Å². The number of para-hydroxylation sites is 1. The number of primary sulfonamides is 1. The minimum atomic E-state index is -4.62. The molecule has 16 heteroatoms.